The zero-order valence-corrected chi connectivity index (χ0v) is 21.0. The van der Waals surface area contributed by atoms with Gasteiger partial charge in [0.05, 0.1) is 11.2 Å². The molecule has 0 saturated carbocycles. The minimum Gasteiger partial charge on any atom is -0.313 e. The Morgan fingerprint density at radius 3 is 2.25 bits per heavy atom. The van der Waals surface area contributed by atoms with Crippen LogP contribution < -0.4 is 10.6 Å². The number of carbonyl (C=O) groups is 2. The maximum absolute atomic E-state index is 12.9. The SMILES string of the molecule is CCc1cccc(NC(=O)N(CC(=O)Nc2cc(C(C)(C)C)nn2C(C)(C)C)C(C)C)c1. The number of nitrogens with one attached hydrogen (secondary N) is 2. The molecule has 0 radical (unpaired) electrons. The summed E-state index contributed by atoms with van der Waals surface area (Å²) < 4.78 is 1.83. The minimum absolute atomic E-state index is 0.0584. The van der Waals surface area contributed by atoms with Crippen molar-refractivity contribution in [2.24, 2.45) is 0 Å². The minimum atomic E-state index is -0.303. The predicted molar refractivity (Wildman–Crippen MR) is 131 cm³/mol. The summed E-state index contributed by atoms with van der Waals surface area (Å²) in [5.74, 6) is 0.370. The van der Waals surface area contributed by atoms with Gasteiger partial charge in [0.1, 0.15) is 12.4 Å². The fourth-order valence-electron chi connectivity index (χ4n) is 3.24. The van der Waals surface area contributed by atoms with Gasteiger partial charge in [-0.05, 0) is 58.7 Å². The Hall–Kier alpha value is -2.83. The van der Waals surface area contributed by atoms with Crippen LogP contribution in [0, 0.1) is 0 Å². The van der Waals surface area contributed by atoms with Crippen molar-refractivity contribution in [1.29, 1.82) is 0 Å². The van der Waals surface area contributed by atoms with Gasteiger partial charge in [-0.1, -0.05) is 39.8 Å². The summed E-state index contributed by atoms with van der Waals surface area (Å²) in [7, 11) is 0. The highest BCUT2D eigenvalue weighted by Crippen LogP contribution is 2.28. The van der Waals surface area contributed by atoms with E-state index in [1.165, 1.54) is 4.90 Å². The third kappa shape index (κ3) is 6.58. The van der Waals surface area contributed by atoms with Crippen LogP contribution in [-0.2, 0) is 22.2 Å². The Kier molecular flexibility index (Phi) is 7.75. The first-order valence-corrected chi connectivity index (χ1v) is 11.3. The van der Waals surface area contributed by atoms with Gasteiger partial charge in [0.2, 0.25) is 5.91 Å². The van der Waals surface area contributed by atoms with Crippen LogP contribution in [-0.4, -0.2) is 39.2 Å². The molecule has 32 heavy (non-hydrogen) atoms. The highest BCUT2D eigenvalue weighted by Gasteiger charge is 2.27. The molecule has 0 bridgehead atoms. The maximum atomic E-state index is 12.9. The summed E-state index contributed by atoms with van der Waals surface area (Å²) >= 11 is 0. The maximum Gasteiger partial charge on any atom is 0.322 e. The van der Waals surface area contributed by atoms with Gasteiger partial charge < -0.3 is 15.5 Å². The topological polar surface area (TPSA) is 79.3 Å². The fraction of sp³-hybridized carbons (Fsp3) is 0.560. The van der Waals surface area contributed by atoms with E-state index in [4.69, 9.17) is 5.10 Å². The van der Waals surface area contributed by atoms with E-state index in [9.17, 15) is 9.59 Å². The molecule has 0 aliphatic heterocycles. The quantitative estimate of drug-likeness (QED) is 0.632. The Labute approximate surface area is 192 Å². The number of carbonyl (C=O) groups excluding carboxylic acids is 2. The highest BCUT2D eigenvalue weighted by molar-refractivity contribution is 5.96. The molecule has 1 aromatic carbocycles. The van der Waals surface area contributed by atoms with Gasteiger partial charge in [-0.3, -0.25) is 4.79 Å². The molecule has 3 amide bonds. The molecule has 2 aromatic rings. The fourth-order valence-corrected chi connectivity index (χ4v) is 3.24. The summed E-state index contributed by atoms with van der Waals surface area (Å²) in [4.78, 5) is 27.4. The number of urea groups is 1. The van der Waals surface area contributed by atoms with Crippen molar-refractivity contribution in [3.63, 3.8) is 0 Å². The highest BCUT2D eigenvalue weighted by atomic mass is 16.2. The molecular formula is C25H39N5O2. The van der Waals surface area contributed by atoms with Crippen LogP contribution in [0.3, 0.4) is 0 Å². The molecule has 0 unspecified atom stereocenters. The van der Waals surface area contributed by atoms with Crippen molar-refractivity contribution in [2.45, 2.75) is 85.7 Å². The van der Waals surface area contributed by atoms with E-state index in [2.05, 4.69) is 38.3 Å². The second-order valence-corrected chi connectivity index (χ2v) is 10.5. The molecule has 0 saturated heterocycles. The molecule has 0 spiro atoms. The Bertz CT molecular complexity index is 948. The third-order valence-electron chi connectivity index (χ3n) is 5.17. The number of anilines is 2. The first-order chi connectivity index (χ1) is 14.7. The lowest BCUT2D eigenvalue weighted by molar-refractivity contribution is -0.117. The van der Waals surface area contributed by atoms with Gasteiger partial charge in [0, 0.05) is 23.2 Å². The smallest absolute Gasteiger partial charge is 0.313 e. The van der Waals surface area contributed by atoms with Crippen LogP contribution in [0.5, 0.6) is 0 Å². The van der Waals surface area contributed by atoms with Crippen molar-refractivity contribution >= 4 is 23.4 Å². The van der Waals surface area contributed by atoms with Crippen LogP contribution >= 0.6 is 0 Å². The monoisotopic (exact) mass is 441 g/mol. The average molecular weight is 442 g/mol. The molecule has 7 nitrogen and oxygen atoms in total. The molecule has 0 fully saturated rings. The summed E-state index contributed by atoms with van der Waals surface area (Å²) in [6.45, 7) is 18.2. The van der Waals surface area contributed by atoms with Crippen molar-refractivity contribution < 1.29 is 9.59 Å². The first kappa shape index (κ1) is 25.4. The van der Waals surface area contributed by atoms with Gasteiger partial charge in [0.25, 0.3) is 0 Å². The van der Waals surface area contributed by atoms with Gasteiger partial charge in [-0.2, -0.15) is 5.10 Å². The molecule has 2 rings (SSSR count). The number of nitrogens with zero attached hydrogens (tertiary/aromatic N) is 3. The van der Waals surface area contributed by atoms with Crippen LogP contribution in [0.4, 0.5) is 16.3 Å². The average Bonchev–Trinajstić information content (AvgIpc) is 3.10. The number of aromatic nitrogens is 2. The lowest BCUT2D eigenvalue weighted by Gasteiger charge is -2.27. The first-order valence-electron chi connectivity index (χ1n) is 11.3. The van der Waals surface area contributed by atoms with Gasteiger partial charge in [-0.25, -0.2) is 9.48 Å². The van der Waals surface area contributed by atoms with E-state index >= 15 is 0 Å². The number of amides is 3. The normalized spacial score (nSPS) is 12.1. The lowest BCUT2D eigenvalue weighted by Crippen LogP contribution is -2.45. The molecule has 7 heteroatoms. The van der Waals surface area contributed by atoms with Gasteiger partial charge in [-0.15, -0.1) is 0 Å². The van der Waals surface area contributed by atoms with Crippen LogP contribution in [0.25, 0.3) is 0 Å². The second kappa shape index (κ2) is 9.76. The molecule has 0 aliphatic carbocycles. The Morgan fingerprint density at radius 2 is 1.72 bits per heavy atom. The number of benzene rings is 1. The third-order valence-corrected chi connectivity index (χ3v) is 5.17. The zero-order chi connectivity index (χ0) is 24.3. The molecule has 2 N–H and O–H groups in total. The number of rotatable bonds is 6. The predicted octanol–water partition coefficient (Wildman–Crippen LogP) is 5.38. The summed E-state index contributed by atoms with van der Waals surface area (Å²) in [5.41, 5.74) is 2.32. The molecule has 0 aliphatic rings. The molecule has 176 valence electrons. The van der Waals surface area contributed by atoms with Gasteiger partial charge in [0.15, 0.2) is 0 Å². The van der Waals surface area contributed by atoms with E-state index in [0.29, 0.717) is 5.82 Å². The zero-order valence-electron chi connectivity index (χ0n) is 21.0. The lowest BCUT2D eigenvalue weighted by atomic mass is 9.92. The molecular weight excluding hydrogens is 402 g/mol. The standard InChI is InChI=1S/C25H39N5O2/c1-10-18-12-11-13-19(14-18)26-23(32)29(17(2)3)16-22(31)27-21-15-20(24(4,5)6)28-30(21)25(7,8)9/h11-15,17H,10,16H2,1-9H3,(H,26,32)(H,27,31). The second-order valence-electron chi connectivity index (χ2n) is 10.5. The number of hydrogen-bond acceptors (Lipinski definition) is 3. The van der Waals surface area contributed by atoms with E-state index in [1.54, 1.807) is 0 Å². The van der Waals surface area contributed by atoms with Crippen LogP contribution in [0.2, 0.25) is 0 Å². The van der Waals surface area contributed by atoms with Crippen LogP contribution in [0.1, 0.15) is 73.6 Å². The van der Waals surface area contributed by atoms with Crippen molar-refractivity contribution in [3.05, 3.63) is 41.6 Å². The van der Waals surface area contributed by atoms with E-state index in [1.807, 2.05) is 69.6 Å². The largest absolute Gasteiger partial charge is 0.322 e. The van der Waals surface area contributed by atoms with E-state index in [-0.39, 0.29) is 35.5 Å². The van der Waals surface area contributed by atoms with Crippen LogP contribution in [0.15, 0.2) is 30.3 Å². The van der Waals surface area contributed by atoms with Crippen molar-refractivity contribution in [1.82, 2.24) is 14.7 Å². The van der Waals surface area contributed by atoms with E-state index < -0.39 is 0 Å². The number of hydrogen-bond donors (Lipinski definition) is 2. The molecule has 1 aromatic heterocycles. The summed E-state index contributed by atoms with van der Waals surface area (Å²) in [6, 6.07) is 9.21. The Balaban J connectivity index is 2.18. The molecule has 1 heterocycles. The summed E-state index contributed by atoms with van der Waals surface area (Å²) in [6.07, 6.45) is 0.887. The molecule has 0 atom stereocenters. The van der Waals surface area contributed by atoms with Gasteiger partial charge >= 0.3 is 6.03 Å². The number of aryl methyl sites for hydroxylation is 1. The Morgan fingerprint density at radius 1 is 1.06 bits per heavy atom. The van der Waals surface area contributed by atoms with E-state index in [0.717, 1.165) is 23.4 Å². The van der Waals surface area contributed by atoms with Crippen molar-refractivity contribution in [2.75, 3.05) is 17.2 Å². The van der Waals surface area contributed by atoms with Crippen molar-refractivity contribution in [3.8, 4) is 0 Å². The summed E-state index contributed by atoms with van der Waals surface area (Å²) in [5, 5.41) is 10.6.